The number of carbonyl (C=O) groups is 2. The maximum atomic E-state index is 13.7. The van der Waals surface area contributed by atoms with Gasteiger partial charge in [0.05, 0.1) is 6.04 Å². The number of rotatable bonds is 2. The molecule has 2 aromatic carbocycles. The number of hydrogen-bond acceptors (Lipinski definition) is 3. The van der Waals surface area contributed by atoms with E-state index < -0.39 is 35.3 Å². The molecule has 0 radical (unpaired) electrons. The number of fused-ring (bicyclic) bond motifs is 1. The highest BCUT2D eigenvalue weighted by molar-refractivity contribution is 5.95. The first kappa shape index (κ1) is 20.1. The van der Waals surface area contributed by atoms with Gasteiger partial charge in [-0.1, -0.05) is 0 Å². The molecule has 0 saturated carbocycles. The summed E-state index contributed by atoms with van der Waals surface area (Å²) >= 11 is 0. The molecule has 0 aromatic heterocycles. The number of hydrogen-bond donors (Lipinski definition) is 0. The first-order valence-electron chi connectivity index (χ1n) is 10.4. The van der Waals surface area contributed by atoms with Crippen LogP contribution in [-0.4, -0.2) is 46.5 Å². The van der Waals surface area contributed by atoms with Crippen molar-refractivity contribution in [2.45, 2.75) is 43.6 Å². The lowest BCUT2D eigenvalue weighted by Gasteiger charge is -2.37. The number of nitrogens with zero attached hydrogens (tertiary/aromatic N) is 2. The van der Waals surface area contributed by atoms with Gasteiger partial charge in [0, 0.05) is 37.6 Å². The maximum absolute atomic E-state index is 13.7. The quantitative estimate of drug-likeness (QED) is 0.728. The zero-order chi connectivity index (χ0) is 21.8. The first-order valence-corrected chi connectivity index (χ1v) is 10.4. The van der Waals surface area contributed by atoms with Gasteiger partial charge < -0.3 is 14.5 Å². The molecule has 2 aromatic rings. The minimum Gasteiger partial charge on any atom is -0.342 e. The van der Waals surface area contributed by atoms with Crippen LogP contribution in [0.25, 0.3) is 0 Å². The van der Waals surface area contributed by atoms with E-state index in [0.29, 0.717) is 49.9 Å². The molecule has 2 unspecified atom stereocenters. The summed E-state index contributed by atoms with van der Waals surface area (Å²) in [5.74, 6) is -2.15. The Kier molecular flexibility index (Phi) is 4.77. The third kappa shape index (κ3) is 3.39. The molecule has 8 heteroatoms. The fourth-order valence-corrected chi connectivity index (χ4v) is 4.99. The van der Waals surface area contributed by atoms with E-state index in [2.05, 4.69) is 0 Å². The highest BCUT2D eigenvalue weighted by Gasteiger charge is 2.58. The third-order valence-corrected chi connectivity index (χ3v) is 6.54. The lowest BCUT2D eigenvalue weighted by Crippen LogP contribution is -2.51. The molecule has 5 rings (SSSR count). The molecule has 0 aliphatic carbocycles. The van der Waals surface area contributed by atoms with Gasteiger partial charge in [0.25, 0.3) is 11.8 Å². The summed E-state index contributed by atoms with van der Waals surface area (Å²) in [6.07, 6.45) is 1.42. The van der Waals surface area contributed by atoms with Crippen molar-refractivity contribution in [2.75, 3.05) is 13.1 Å². The van der Waals surface area contributed by atoms with E-state index in [0.717, 1.165) is 6.07 Å². The van der Waals surface area contributed by atoms with E-state index in [1.165, 1.54) is 36.4 Å². The van der Waals surface area contributed by atoms with Crippen LogP contribution < -0.4 is 0 Å². The van der Waals surface area contributed by atoms with Crippen LogP contribution in [0.2, 0.25) is 0 Å². The van der Waals surface area contributed by atoms with Crippen molar-refractivity contribution in [3.8, 4) is 0 Å². The van der Waals surface area contributed by atoms with Crippen LogP contribution in [0.4, 0.5) is 13.2 Å². The van der Waals surface area contributed by atoms with Crippen LogP contribution in [0, 0.1) is 17.5 Å². The van der Waals surface area contributed by atoms with Gasteiger partial charge in [0.1, 0.15) is 23.7 Å². The molecule has 5 nitrogen and oxygen atoms in total. The van der Waals surface area contributed by atoms with Gasteiger partial charge in [0.2, 0.25) is 0 Å². The average Bonchev–Trinajstić information content (AvgIpc) is 3.26. The standard InChI is InChI=1S/C23H21F3N2O3/c24-16-3-1-14(2-4-16)21(29)27-9-7-23(8-10-27)22(30)28-19(5-6-20(28)31-23)15-11-17(25)13-18(26)12-15/h1-4,11-13,19-20H,5-10H2. The minimum atomic E-state index is -1.02. The van der Waals surface area contributed by atoms with Crippen LogP contribution in [0.1, 0.15) is 47.6 Å². The van der Waals surface area contributed by atoms with Gasteiger partial charge in [-0.15, -0.1) is 0 Å². The number of carbonyl (C=O) groups excluding carboxylic acids is 2. The molecule has 3 aliphatic heterocycles. The fraction of sp³-hybridized carbons (Fsp3) is 0.391. The zero-order valence-electron chi connectivity index (χ0n) is 16.7. The second-order valence-corrected chi connectivity index (χ2v) is 8.37. The van der Waals surface area contributed by atoms with E-state index in [-0.39, 0.29) is 11.8 Å². The molecule has 162 valence electrons. The summed E-state index contributed by atoms with van der Waals surface area (Å²) in [6, 6.07) is 8.28. The average molecular weight is 430 g/mol. The largest absolute Gasteiger partial charge is 0.342 e. The van der Waals surface area contributed by atoms with Gasteiger partial charge in [-0.05, 0) is 54.8 Å². The molecule has 31 heavy (non-hydrogen) atoms. The van der Waals surface area contributed by atoms with Gasteiger partial charge in [-0.2, -0.15) is 0 Å². The molecule has 3 fully saturated rings. The number of piperidine rings is 1. The Hall–Kier alpha value is -2.87. The molecule has 0 N–H and O–H groups in total. The lowest BCUT2D eigenvalue weighted by atomic mass is 9.89. The molecule has 2 amide bonds. The summed E-state index contributed by atoms with van der Waals surface area (Å²) in [4.78, 5) is 29.3. The Labute approximate surface area is 177 Å². The van der Waals surface area contributed by atoms with Crippen molar-refractivity contribution in [3.63, 3.8) is 0 Å². The van der Waals surface area contributed by atoms with Crippen molar-refractivity contribution in [1.29, 1.82) is 0 Å². The third-order valence-electron chi connectivity index (χ3n) is 6.54. The van der Waals surface area contributed by atoms with Crippen LogP contribution in [0.15, 0.2) is 42.5 Å². The summed E-state index contributed by atoms with van der Waals surface area (Å²) < 4.78 is 46.7. The van der Waals surface area contributed by atoms with E-state index in [4.69, 9.17) is 4.74 Å². The number of halogens is 3. The number of benzene rings is 2. The molecular formula is C23H21F3N2O3. The van der Waals surface area contributed by atoms with E-state index in [9.17, 15) is 22.8 Å². The number of likely N-dealkylation sites (tertiary alicyclic amines) is 1. The summed E-state index contributed by atoms with van der Waals surface area (Å²) in [5, 5.41) is 0. The molecule has 3 aliphatic rings. The Balaban J connectivity index is 1.31. The number of amides is 2. The van der Waals surface area contributed by atoms with Crippen molar-refractivity contribution in [2.24, 2.45) is 0 Å². The zero-order valence-corrected chi connectivity index (χ0v) is 16.7. The normalized spacial score (nSPS) is 24.7. The van der Waals surface area contributed by atoms with Crippen molar-refractivity contribution < 1.29 is 27.5 Å². The topological polar surface area (TPSA) is 49.9 Å². The van der Waals surface area contributed by atoms with Crippen molar-refractivity contribution in [1.82, 2.24) is 9.80 Å². The van der Waals surface area contributed by atoms with E-state index in [1.807, 2.05) is 0 Å². The van der Waals surface area contributed by atoms with Crippen LogP contribution in [-0.2, 0) is 9.53 Å². The highest BCUT2D eigenvalue weighted by atomic mass is 19.1. The summed E-state index contributed by atoms with van der Waals surface area (Å²) in [6.45, 7) is 0.670. The Morgan fingerprint density at radius 3 is 2.23 bits per heavy atom. The second kappa shape index (κ2) is 7.37. The van der Waals surface area contributed by atoms with Gasteiger partial charge in [-0.25, -0.2) is 13.2 Å². The van der Waals surface area contributed by atoms with Gasteiger partial charge >= 0.3 is 0 Å². The SMILES string of the molecule is O=C(c1ccc(F)cc1)N1CCC2(CC1)OC1CCC(c3cc(F)cc(F)c3)N1C2=O. The lowest BCUT2D eigenvalue weighted by molar-refractivity contribution is -0.142. The van der Waals surface area contributed by atoms with E-state index >= 15 is 0 Å². The molecule has 1 spiro atoms. The Bertz CT molecular complexity index is 1010. The van der Waals surface area contributed by atoms with E-state index in [1.54, 1.807) is 9.80 Å². The number of ether oxygens (including phenoxy) is 1. The van der Waals surface area contributed by atoms with Crippen LogP contribution >= 0.6 is 0 Å². The van der Waals surface area contributed by atoms with Gasteiger partial charge in [-0.3, -0.25) is 9.59 Å². The smallest absolute Gasteiger partial charge is 0.257 e. The Morgan fingerprint density at radius 1 is 0.935 bits per heavy atom. The van der Waals surface area contributed by atoms with Crippen LogP contribution in [0.5, 0.6) is 0 Å². The molecule has 2 atom stereocenters. The highest BCUT2D eigenvalue weighted by Crippen LogP contribution is 2.47. The maximum Gasteiger partial charge on any atom is 0.257 e. The molecule has 3 saturated heterocycles. The van der Waals surface area contributed by atoms with Crippen LogP contribution in [0.3, 0.4) is 0 Å². The molecule has 0 bridgehead atoms. The summed E-state index contributed by atoms with van der Waals surface area (Å²) in [5.41, 5.74) is -0.197. The second-order valence-electron chi connectivity index (χ2n) is 8.37. The minimum absolute atomic E-state index is 0.182. The van der Waals surface area contributed by atoms with Crippen molar-refractivity contribution >= 4 is 11.8 Å². The first-order chi connectivity index (χ1) is 14.9. The van der Waals surface area contributed by atoms with Crippen molar-refractivity contribution in [3.05, 3.63) is 71.0 Å². The predicted molar refractivity (Wildman–Crippen MR) is 104 cm³/mol. The molecular weight excluding hydrogens is 409 g/mol. The Morgan fingerprint density at radius 2 is 1.58 bits per heavy atom. The monoisotopic (exact) mass is 430 g/mol. The summed E-state index contributed by atoms with van der Waals surface area (Å²) in [7, 11) is 0. The predicted octanol–water partition coefficient (Wildman–Crippen LogP) is 3.80. The molecule has 3 heterocycles. The van der Waals surface area contributed by atoms with Gasteiger partial charge in [0.15, 0.2) is 5.60 Å². The fourth-order valence-electron chi connectivity index (χ4n) is 4.99.